The van der Waals surface area contributed by atoms with Gasteiger partial charge in [-0.2, -0.15) is 0 Å². The van der Waals surface area contributed by atoms with Crippen LogP contribution in [0.15, 0.2) is 18.2 Å². The lowest BCUT2D eigenvalue weighted by molar-refractivity contribution is 0.209. The molecule has 1 aromatic carbocycles. The van der Waals surface area contributed by atoms with Gasteiger partial charge in [0.2, 0.25) is 0 Å². The fourth-order valence-electron chi connectivity index (χ4n) is 1.90. The predicted octanol–water partition coefficient (Wildman–Crippen LogP) is 4.54. The van der Waals surface area contributed by atoms with Gasteiger partial charge in [-0.05, 0) is 36.5 Å². The molecular weight excluding hydrogens is 301 g/mol. The molecule has 0 saturated heterocycles. The molecule has 1 unspecified atom stereocenters. The number of hydrogen-bond acceptors (Lipinski definition) is 1. The number of amides is 1. The van der Waals surface area contributed by atoms with Crippen LogP contribution in [0.25, 0.3) is 0 Å². The number of alkyl halides is 1. The Balaban J connectivity index is 2.04. The van der Waals surface area contributed by atoms with Crippen LogP contribution in [0.2, 0.25) is 0 Å². The number of halogens is 2. The van der Waals surface area contributed by atoms with Gasteiger partial charge in [0.15, 0.2) is 0 Å². The van der Waals surface area contributed by atoms with Crippen molar-refractivity contribution in [2.24, 2.45) is 5.92 Å². The van der Waals surface area contributed by atoms with Crippen LogP contribution in [0.4, 0.5) is 14.9 Å². The molecule has 2 N–H and O–H groups in total. The lowest BCUT2D eigenvalue weighted by Crippen LogP contribution is -2.09. The van der Waals surface area contributed by atoms with Crippen molar-refractivity contribution in [3.8, 4) is 0 Å². The van der Waals surface area contributed by atoms with Gasteiger partial charge in [0.25, 0.3) is 0 Å². The third kappa shape index (κ3) is 3.70. The summed E-state index contributed by atoms with van der Waals surface area (Å²) in [5.41, 5.74) is 0.914. The van der Waals surface area contributed by atoms with E-state index in [9.17, 15) is 9.18 Å². The molecule has 1 aliphatic rings. The van der Waals surface area contributed by atoms with Gasteiger partial charge in [0.05, 0.1) is 5.69 Å². The summed E-state index contributed by atoms with van der Waals surface area (Å²) in [6.07, 6.45) is 3.52. The van der Waals surface area contributed by atoms with Crippen LogP contribution in [-0.2, 0) is 0 Å². The molecule has 2 rings (SSSR count). The number of hydrogen-bond donors (Lipinski definition) is 2. The summed E-state index contributed by atoms with van der Waals surface area (Å²) in [6, 6.07) is 4.54. The number of carboxylic acid groups (broad SMARTS) is 1. The first kappa shape index (κ1) is 13.3. The highest BCUT2D eigenvalue weighted by atomic mass is 79.9. The molecule has 1 saturated carbocycles. The van der Waals surface area contributed by atoms with Gasteiger partial charge in [-0.15, -0.1) is 0 Å². The zero-order chi connectivity index (χ0) is 13.1. The van der Waals surface area contributed by atoms with Gasteiger partial charge in [0.1, 0.15) is 5.82 Å². The van der Waals surface area contributed by atoms with Crippen molar-refractivity contribution < 1.29 is 14.3 Å². The second kappa shape index (κ2) is 5.69. The lowest BCUT2D eigenvalue weighted by atomic mass is 10.1. The van der Waals surface area contributed by atoms with Crippen LogP contribution in [0.5, 0.6) is 0 Å². The molecule has 1 aromatic rings. The first-order chi connectivity index (χ1) is 8.56. The standard InChI is InChI=1S/C13H15BrFNO2/c14-10(5-3-8-1-2-8)9-4-6-11(15)12(7-9)16-13(17)18/h4,6-8,10,16H,1-3,5H2,(H,17,18). The molecule has 5 heteroatoms. The highest BCUT2D eigenvalue weighted by Crippen LogP contribution is 2.38. The summed E-state index contributed by atoms with van der Waals surface area (Å²) in [4.78, 5) is 10.7. The Morgan fingerprint density at radius 3 is 2.89 bits per heavy atom. The quantitative estimate of drug-likeness (QED) is 0.783. The summed E-state index contributed by atoms with van der Waals surface area (Å²) in [5, 5.41) is 10.7. The third-order valence-corrected chi connectivity index (χ3v) is 4.11. The van der Waals surface area contributed by atoms with Crippen molar-refractivity contribution in [1.29, 1.82) is 0 Å². The largest absolute Gasteiger partial charge is 0.465 e. The number of anilines is 1. The second-order valence-electron chi connectivity index (χ2n) is 4.66. The molecule has 1 atom stereocenters. The highest BCUT2D eigenvalue weighted by molar-refractivity contribution is 9.09. The van der Waals surface area contributed by atoms with E-state index < -0.39 is 11.9 Å². The molecule has 0 heterocycles. The van der Waals surface area contributed by atoms with Gasteiger partial charge in [-0.3, -0.25) is 5.32 Å². The van der Waals surface area contributed by atoms with Crippen molar-refractivity contribution in [1.82, 2.24) is 0 Å². The van der Waals surface area contributed by atoms with Gasteiger partial charge < -0.3 is 5.11 Å². The van der Waals surface area contributed by atoms with Crippen molar-refractivity contribution in [3.05, 3.63) is 29.6 Å². The average molecular weight is 316 g/mol. The van der Waals surface area contributed by atoms with Crippen molar-refractivity contribution in [3.63, 3.8) is 0 Å². The van der Waals surface area contributed by atoms with Gasteiger partial charge in [-0.25, -0.2) is 9.18 Å². The van der Waals surface area contributed by atoms with E-state index in [4.69, 9.17) is 5.11 Å². The normalized spacial score (nSPS) is 16.3. The van der Waals surface area contributed by atoms with E-state index in [1.165, 1.54) is 18.9 Å². The summed E-state index contributed by atoms with van der Waals surface area (Å²) < 4.78 is 13.4. The predicted molar refractivity (Wildman–Crippen MR) is 71.7 cm³/mol. The van der Waals surface area contributed by atoms with Gasteiger partial charge in [0, 0.05) is 4.83 Å². The number of rotatable bonds is 5. The molecule has 0 aliphatic heterocycles. The number of benzene rings is 1. The van der Waals surface area contributed by atoms with E-state index >= 15 is 0 Å². The maximum absolute atomic E-state index is 13.4. The van der Waals surface area contributed by atoms with Crippen LogP contribution in [0.1, 0.15) is 36.1 Å². The minimum atomic E-state index is -1.25. The summed E-state index contributed by atoms with van der Waals surface area (Å²) >= 11 is 3.57. The van der Waals surface area contributed by atoms with E-state index in [0.29, 0.717) is 0 Å². The van der Waals surface area contributed by atoms with E-state index in [2.05, 4.69) is 21.2 Å². The van der Waals surface area contributed by atoms with Gasteiger partial charge in [-0.1, -0.05) is 34.8 Å². The molecule has 18 heavy (non-hydrogen) atoms. The molecule has 0 aromatic heterocycles. The fourth-order valence-corrected chi connectivity index (χ4v) is 2.45. The SMILES string of the molecule is O=C(O)Nc1cc(C(Br)CCC2CC2)ccc1F. The van der Waals surface area contributed by atoms with Crippen molar-refractivity contribution >= 4 is 27.7 Å². The molecule has 0 bridgehead atoms. The zero-order valence-corrected chi connectivity index (χ0v) is 11.4. The van der Waals surface area contributed by atoms with E-state index in [-0.39, 0.29) is 10.5 Å². The molecule has 1 aliphatic carbocycles. The molecule has 0 spiro atoms. The third-order valence-electron chi connectivity index (χ3n) is 3.12. The number of nitrogens with one attached hydrogen (secondary N) is 1. The van der Waals surface area contributed by atoms with Crippen LogP contribution >= 0.6 is 15.9 Å². The Morgan fingerprint density at radius 2 is 2.28 bits per heavy atom. The van der Waals surface area contributed by atoms with Crippen molar-refractivity contribution in [2.45, 2.75) is 30.5 Å². The molecule has 0 radical (unpaired) electrons. The first-order valence-corrected chi connectivity index (χ1v) is 6.91. The Morgan fingerprint density at radius 1 is 1.56 bits per heavy atom. The topological polar surface area (TPSA) is 49.3 Å². The van der Waals surface area contributed by atoms with E-state index in [0.717, 1.165) is 24.3 Å². The Hall–Kier alpha value is -1.10. The Labute approximate surface area is 114 Å². The average Bonchev–Trinajstić information content (AvgIpc) is 3.12. The Kier molecular flexibility index (Phi) is 4.22. The highest BCUT2D eigenvalue weighted by Gasteiger charge is 2.22. The molecule has 1 fully saturated rings. The molecule has 98 valence electrons. The summed E-state index contributed by atoms with van der Waals surface area (Å²) in [6.45, 7) is 0. The van der Waals surface area contributed by atoms with Crippen molar-refractivity contribution in [2.75, 3.05) is 5.32 Å². The van der Waals surface area contributed by atoms with Crippen LogP contribution < -0.4 is 5.32 Å². The fraction of sp³-hybridized carbons (Fsp3) is 0.462. The van der Waals surface area contributed by atoms with Gasteiger partial charge >= 0.3 is 6.09 Å². The Bertz CT molecular complexity index is 449. The minimum Gasteiger partial charge on any atom is -0.465 e. The zero-order valence-electron chi connectivity index (χ0n) is 9.83. The molecular formula is C13H15BrFNO2. The van der Waals surface area contributed by atoms with Crippen LogP contribution in [0.3, 0.4) is 0 Å². The maximum atomic E-state index is 13.4. The number of carbonyl (C=O) groups is 1. The minimum absolute atomic E-state index is 0.0101. The van der Waals surface area contributed by atoms with Crippen LogP contribution in [-0.4, -0.2) is 11.2 Å². The van der Waals surface area contributed by atoms with Crippen LogP contribution in [0, 0.1) is 11.7 Å². The maximum Gasteiger partial charge on any atom is 0.409 e. The lowest BCUT2D eigenvalue weighted by Gasteiger charge is -2.12. The second-order valence-corrected chi connectivity index (χ2v) is 5.76. The van der Waals surface area contributed by atoms with E-state index in [1.54, 1.807) is 12.1 Å². The summed E-state index contributed by atoms with van der Waals surface area (Å²) in [7, 11) is 0. The molecule has 1 amide bonds. The molecule has 3 nitrogen and oxygen atoms in total. The van der Waals surface area contributed by atoms with E-state index in [1.807, 2.05) is 0 Å². The monoisotopic (exact) mass is 315 g/mol. The smallest absolute Gasteiger partial charge is 0.409 e. The first-order valence-electron chi connectivity index (χ1n) is 5.99. The summed E-state index contributed by atoms with van der Waals surface area (Å²) in [5.74, 6) is 0.296.